The van der Waals surface area contributed by atoms with Gasteiger partial charge in [0.05, 0.1) is 0 Å². The van der Waals surface area contributed by atoms with Crippen molar-refractivity contribution >= 4 is 17.6 Å². The van der Waals surface area contributed by atoms with Gasteiger partial charge in [0.2, 0.25) is 0 Å². The first-order valence-corrected chi connectivity index (χ1v) is 5.55. The van der Waals surface area contributed by atoms with Crippen LogP contribution in [0.5, 0.6) is 0 Å². The average molecular weight is 228 g/mol. The van der Waals surface area contributed by atoms with Gasteiger partial charge in [0.15, 0.2) is 22.8 Å². The second kappa shape index (κ2) is 2.93. The smallest absolute Gasteiger partial charge is 0.195 e. The normalized spacial score (nSPS) is 33.6. The molecule has 0 radical (unpaired) electrons. The van der Waals surface area contributed by atoms with Crippen molar-refractivity contribution in [3.8, 4) is 0 Å². The van der Waals surface area contributed by atoms with E-state index in [1.54, 1.807) is 13.0 Å². The highest BCUT2D eigenvalue weighted by molar-refractivity contribution is 6.12. The third kappa shape index (κ3) is 1.05. The van der Waals surface area contributed by atoms with Gasteiger partial charge in [-0.15, -0.1) is 0 Å². The number of ketones is 2. The van der Waals surface area contributed by atoms with E-state index in [-0.39, 0.29) is 11.6 Å². The summed E-state index contributed by atoms with van der Waals surface area (Å²) >= 11 is 0. The Kier molecular flexibility index (Phi) is 1.79. The number of ether oxygens (including phenoxy) is 1. The quantitative estimate of drug-likeness (QED) is 0.689. The third-order valence-electron chi connectivity index (χ3n) is 3.76. The maximum Gasteiger partial charge on any atom is 0.195 e. The van der Waals surface area contributed by atoms with Crippen molar-refractivity contribution in [1.29, 1.82) is 0 Å². The predicted octanol–water partition coefficient (Wildman–Crippen LogP) is 1.86. The number of carbonyl (C=O) groups is 2. The average Bonchev–Trinajstić information content (AvgIpc) is 2.94. The van der Waals surface area contributed by atoms with Crippen LogP contribution in [0.25, 0.3) is 6.08 Å². The van der Waals surface area contributed by atoms with Crippen LogP contribution < -0.4 is 0 Å². The summed E-state index contributed by atoms with van der Waals surface area (Å²) in [6, 6.07) is 7.53. The molecule has 1 aliphatic carbocycles. The molecular weight excluding hydrogens is 216 g/mol. The van der Waals surface area contributed by atoms with Crippen molar-refractivity contribution in [1.82, 2.24) is 0 Å². The van der Waals surface area contributed by atoms with Crippen LogP contribution in [0.4, 0.5) is 0 Å². The monoisotopic (exact) mass is 228 g/mol. The van der Waals surface area contributed by atoms with E-state index in [1.807, 2.05) is 24.3 Å². The Morgan fingerprint density at radius 3 is 2.59 bits per heavy atom. The zero-order valence-electron chi connectivity index (χ0n) is 9.69. The number of carbonyl (C=O) groups excluding carboxylic acids is 2. The Bertz CT molecular complexity index is 573. The Morgan fingerprint density at radius 1 is 1.24 bits per heavy atom. The van der Waals surface area contributed by atoms with Gasteiger partial charge in [0.1, 0.15) is 0 Å². The van der Waals surface area contributed by atoms with Gasteiger partial charge in [-0.1, -0.05) is 30.3 Å². The molecule has 2 unspecified atom stereocenters. The minimum Gasteiger partial charge on any atom is -0.341 e. The fourth-order valence-electron chi connectivity index (χ4n) is 2.58. The van der Waals surface area contributed by atoms with Crippen molar-refractivity contribution in [3.05, 3.63) is 41.5 Å². The molecule has 1 heterocycles. The predicted molar refractivity (Wildman–Crippen MR) is 62.3 cm³/mol. The van der Waals surface area contributed by atoms with Crippen LogP contribution in [0.3, 0.4) is 0 Å². The van der Waals surface area contributed by atoms with E-state index < -0.39 is 11.2 Å². The van der Waals surface area contributed by atoms with E-state index in [2.05, 4.69) is 0 Å². The van der Waals surface area contributed by atoms with Gasteiger partial charge in [-0.25, -0.2) is 0 Å². The standard InChI is InChI=1S/C14H12O3/c1-9(15)13(2)14(17-13)11-6-4-3-5-10(11)7-8-12(14)16/h3-8H,1-2H3. The number of benzene rings is 1. The molecule has 1 aromatic carbocycles. The summed E-state index contributed by atoms with van der Waals surface area (Å²) in [5.74, 6) is -0.259. The highest BCUT2D eigenvalue weighted by Crippen LogP contribution is 2.59. The number of hydrogen-bond acceptors (Lipinski definition) is 3. The van der Waals surface area contributed by atoms with E-state index in [4.69, 9.17) is 4.74 Å². The molecule has 2 aliphatic rings. The Hall–Kier alpha value is -1.74. The highest BCUT2D eigenvalue weighted by Gasteiger charge is 2.75. The molecule has 3 rings (SSSR count). The molecule has 1 aromatic rings. The minimum absolute atomic E-state index is 0.115. The molecule has 0 saturated carbocycles. The topological polar surface area (TPSA) is 46.7 Å². The zero-order chi connectivity index (χ0) is 12.3. The molecule has 2 atom stereocenters. The van der Waals surface area contributed by atoms with Crippen LogP contribution in [-0.4, -0.2) is 17.2 Å². The van der Waals surface area contributed by atoms with Crippen LogP contribution in [0.2, 0.25) is 0 Å². The molecule has 0 N–H and O–H groups in total. The van der Waals surface area contributed by atoms with Gasteiger partial charge in [-0.3, -0.25) is 9.59 Å². The van der Waals surface area contributed by atoms with Gasteiger partial charge < -0.3 is 4.74 Å². The minimum atomic E-state index is -1.08. The molecule has 1 aliphatic heterocycles. The van der Waals surface area contributed by atoms with Gasteiger partial charge in [-0.2, -0.15) is 0 Å². The first kappa shape index (κ1) is 10.4. The van der Waals surface area contributed by atoms with E-state index in [0.29, 0.717) is 0 Å². The maximum absolute atomic E-state index is 12.1. The summed E-state index contributed by atoms with van der Waals surface area (Å²) in [6.07, 6.45) is 3.27. The SMILES string of the molecule is CC(=O)C1(C)OC12C(=O)C=Cc1ccccc12. The number of Topliss-reactive ketones (excluding diaryl/α,β-unsaturated/α-hetero) is 1. The zero-order valence-corrected chi connectivity index (χ0v) is 9.69. The molecule has 0 bridgehead atoms. The number of hydrogen-bond donors (Lipinski definition) is 0. The van der Waals surface area contributed by atoms with Gasteiger partial charge >= 0.3 is 0 Å². The molecular formula is C14H12O3. The lowest BCUT2D eigenvalue weighted by atomic mass is 9.77. The fraction of sp³-hybridized carbons (Fsp3) is 0.286. The summed E-state index contributed by atoms with van der Waals surface area (Å²) in [5.41, 5.74) is -0.350. The van der Waals surface area contributed by atoms with E-state index in [0.717, 1.165) is 11.1 Å². The number of epoxide rings is 1. The molecule has 0 amide bonds. The Morgan fingerprint density at radius 2 is 1.94 bits per heavy atom. The summed E-state index contributed by atoms with van der Waals surface area (Å²) in [5, 5.41) is 0. The van der Waals surface area contributed by atoms with Gasteiger partial charge in [0.25, 0.3) is 0 Å². The summed E-state index contributed by atoms with van der Waals surface area (Å²) in [6.45, 7) is 3.14. The molecule has 0 aromatic heterocycles. The van der Waals surface area contributed by atoms with E-state index in [9.17, 15) is 9.59 Å². The molecule has 3 heteroatoms. The molecule has 17 heavy (non-hydrogen) atoms. The fourth-order valence-corrected chi connectivity index (χ4v) is 2.58. The second-order valence-corrected chi connectivity index (χ2v) is 4.66. The first-order chi connectivity index (χ1) is 8.02. The molecule has 86 valence electrons. The van der Waals surface area contributed by atoms with Crippen molar-refractivity contribution < 1.29 is 14.3 Å². The van der Waals surface area contributed by atoms with E-state index >= 15 is 0 Å². The second-order valence-electron chi connectivity index (χ2n) is 4.66. The van der Waals surface area contributed by atoms with Gasteiger partial charge in [0, 0.05) is 5.56 Å². The largest absolute Gasteiger partial charge is 0.341 e. The van der Waals surface area contributed by atoms with Crippen LogP contribution in [0.1, 0.15) is 25.0 Å². The third-order valence-corrected chi connectivity index (χ3v) is 3.76. The highest BCUT2D eigenvalue weighted by atomic mass is 16.6. The lowest BCUT2D eigenvalue weighted by Crippen LogP contribution is -2.35. The first-order valence-electron chi connectivity index (χ1n) is 5.55. The maximum atomic E-state index is 12.1. The molecule has 1 fully saturated rings. The van der Waals surface area contributed by atoms with Gasteiger partial charge in [-0.05, 0) is 25.5 Å². The summed E-state index contributed by atoms with van der Waals surface area (Å²) < 4.78 is 5.58. The van der Waals surface area contributed by atoms with Crippen LogP contribution >= 0.6 is 0 Å². The van der Waals surface area contributed by atoms with Crippen molar-refractivity contribution in [2.75, 3.05) is 0 Å². The Balaban J connectivity index is 2.23. The van der Waals surface area contributed by atoms with Crippen molar-refractivity contribution in [3.63, 3.8) is 0 Å². The lowest BCUT2D eigenvalue weighted by Gasteiger charge is -2.19. The van der Waals surface area contributed by atoms with Crippen LogP contribution in [0.15, 0.2) is 30.3 Å². The summed E-state index contributed by atoms with van der Waals surface area (Å²) in [7, 11) is 0. The van der Waals surface area contributed by atoms with Crippen LogP contribution in [0, 0.1) is 0 Å². The van der Waals surface area contributed by atoms with Crippen molar-refractivity contribution in [2.24, 2.45) is 0 Å². The number of rotatable bonds is 1. The van der Waals surface area contributed by atoms with E-state index in [1.165, 1.54) is 13.0 Å². The van der Waals surface area contributed by atoms with Crippen molar-refractivity contribution in [2.45, 2.75) is 25.0 Å². The Labute approximate surface area is 99.1 Å². The number of fused-ring (bicyclic) bond motifs is 2. The van der Waals surface area contributed by atoms with Crippen LogP contribution in [-0.2, 0) is 19.9 Å². The summed E-state index contributed by atoms with van der Waals surface area (Å²) in [4.78, 5) is 23.8. The lowest BCUT2D eigenvalue weighted by molar-refractivity contribution is -0.123. The molecule has 3 nitrogen and oxygen atoms in total. The molecule has 1 saturated heterocycles. The molecule has 1 spiro atoms.